The molecule has 0 atom stereocenters. The van der Waals surface area contributed by atoms with Crippen LogP contribution in [0.5, 0.6) is 34.5 Å². The van der Waals surface area contributed by atoms with Gasteiger partial charge < -0.3 is 18.6 Å². The van der Waals surface area contributed by atoms with E-state index in [1.807, 2.05) is 84.9 Å². The zero-order valence-corrected chi connectivity index (χ0v) is 37.8. The highest BCUT2D eigenvalue weighted by atomic mass is 79.9. The summed E-state index contributed by atoms with van der Waals surface area (Å²) in [6.07, 6.45) is 0.979. The molecule has 0 saturated heterocycles. The standard InChI is InChI=1S/C25H14Br2O2.C13H6Br2O2.C13H10O/c26-19-11-5-9-17-23(19)29-24-18(10-6-12-20(24)27)25(17)15-7-1-3-13-21(15)28-22-14-4-2-8-16(22)25;14-9-5-1-3-7-11(16)8-4-2-6-10(15)13(8)17-12(7)9;1-3-7-12-10(5-1)9-11-6-2-4-8-13(11)14-12/h1-14H;1-6H;1-8H,9H2. The predicted molar refractivity (Wildman–Crippen MR) is 251 cm³/mol. The van der Waals surface area contributed by atoms with Crippen LogP contribution in [0.3, 0.4) is 0 Å². The van der Waals surface area contributed by atoms with E-state index in [-0.39, 0.29) is 5.43 Å². The third-order valence-corrected chi connectivity index (χ3v) is 13.4. The number of fused-ring (bicyclic) bond motifs is 12. The second-order valence-corrected chi connectivity index (χ2v) is 17.8. The minimum atomic E-state index is -0.540. The van der Waals surface area contributed by atoms with E-state index in [1.165, 1.54) is 11.1 Å². The number of hydrogen-bond donors (Lipinski definition) is 0. The molecule has 1 spiro atoms. The maximum Gasteiger partial charge on any atom is 0.200 e. The molecule has 3 aliphatic rings. The number of rotatable bonds is 0. The van der Waals surface area contributed by atoms with Gasteiger partial charge in [0, 0.05) is 28.7 Å². The van der Waals surface area contributed by atoms with E-state index < -0.39 is 5.41 Å². The fraction of sp³-hybridized carbons (Fsp3) is 0.0392. The summed E-state index contributed by atoms with van der Waals surface area (Å²) in [4.78, 5) is 12.3. The Hall–Kier alpha value is -5.45. The second-order valence-electron chi connectivity index (χ2n) is 14.3. The van der Waals surface area contributed by atoms with Gasteiger partial charge in [0.25, 0.3) is 0 Å². The maximum atomic E-state index is 12.3. The lowest BCUT2D eigenvalue weighted by molar-refractivity contribution is 0.396. The van der Waals surface area contributed by atoms with Crippen LogP contribution in [0.15, 0.2) is 197 Å². The van der Waals surface area contributed by atoms with E-state index in [9.17, 15) is 4.79 Å². The van der Waals surface area contributed by atoms with E-state index >= 15 is 0 Å². The first-order valence-corrected chi connectivity index (χ1v) is 22.3. The van der Waals surface area contributed by atoms with Gasteiger partial charge in [-0.05, 0) is 136 Å². The fourth-order valence-electron chi connectivity index (χ4n) is 8.29. The Morgan fingerprint density at radius 3 is 1.27 bits per heavy atom. The molecule has 0 N–H and O–H groups in total. The first kappa shape index (κ1) is 38.7. The van der Waals surface area contributed by atoms with Gasteiger partial charge in [-0.1, -0.05) is 109 Å². The largest absolute Gasteiger partial charge is 0.457 e. The highest BCUT2D eigenvalue weighted by Crippen LogP contribution is 2.63. The van der Waals surface area contributed by atoms with Crippen LogP contribution in [-0.2, 0) is 11.8 Å². The summed E-state index contributed by atoms with van der Waals surface area (Å²) in [5, 5.41) is 1.18. The van der Waals surface area contributed by atoms with Gasteiger partial charge in [-0.15, -0.1) is 0 Å². The SMILES string of the molecule is Brc1cccc2c1Oc1c(Br)cccc1C21c2ccccc2Oc2ccccc21.O=c1c2cccc(Br)c2oc2c(Br)cccc12.c1ccc2c(c1)Cc1ccccc1O2. The van der Waals surface area contributed by atoms with Crippen molar-refractivity contribution in [1.29, 1.82) is 0 Å². The molecule has 0 amide bonds. The molecule has 5 nitrogen and oxygen atoms in total. The van der Waals surface area contributed by atoms with E-state index in [0.717, 1.165) is 81.1 Å². The van der Waals surface area contributed by atoms with Crippen molar-refractivity contribution < 1.29 is 18.6 Å². The number of benzene rings is 8. The first-order valence-electron chi connectivity index (χ1n) is 19.1. The molecule has 0 unspecified atom stereocenters. The Kier molecular flexibility index (Phi) is 10.2. The minimum Gasteiger partial charge on any atom is -0.457 e. The maximum absolute atomic E-state index is 12.3. The second kappa shape index (κ2) is 15.9. The van der Waals surface area contributed by atoms with Gasteiger partial charge in [0.15, 0.2) is 11.2 Å². The van der Waals surface area contributed by atoms with Crippen molar-refractivity contribution in [3.05, 3.63) is 231 Å². The van der Waals surface area contributed by atoms with Crippen LogP contribution in [0.1, 0.15) is 33.4 Å². The molecular weight excluding hydrogens is 1010 g/mol. The smallest absolute Gasteiger partial charge is 0.200 e. The van der Waals surface area contributed by atoms with Gasteiger partial charge in [0.2, 0.25) is 5.43 Å². The summed E-state index contributed by atoms with van der Waals surface area (Å²) in [5.74, 6) is 5.38. The van der Waals surface area contributed by atoms with Crippen molar-refractivity contribution in [2.24, 2.45) is 0 Å². The van der Waals surface area contributed by atoms with Crippen molar-refractivity contribution in [3.63, 3.8) is 0 Å². The van der Waals surface area contributed by atoms with Crippen molar-refractivity contribution in [3.8, 4) is 34.5 Å². The average molecular weight is 1040 g/mol. The predicted octanol–water partition coefficient (Wildman–Crippen LogP) is 15.7. The van der Waals surface area contributed by atoms with Crippen molar-refractivity contribution in [1.82, 2.24) is 0 Å². The monoisotopic (exact) mass is 1040 g/mol. The van der Waals surface area contributed by atoms with Crippen LogP contribution in [0, 0.1) is 0 Å². The van der Waals surface area contributed by atoms with E-state index in [4.69, 9.17) is 18.6 Å². The summed E-state index contributed by atoms with van der Waals surface area (Å²) < 4.78 is 27.8. The molecule has 1 aromatic heterocycles. The normalized spacial score (nSPS) is 13.2. The molecule has 9 aromatic rings. The van der Waals surface area contributed by atoms with Crippen LogP contribution in [0.25, 0.3) is 21.9 Å². The Labute approximate surface area is 379 Å². The lowest BCUT2D eigenvalue weighted by atomic mass is 9.62. The van der Waals surface area contributed by atoms with Gasteiger partial charge in [-0.2, -0.15) is 0 Å². The zero-order chi connectivity index (χ0) is 41.0. The third kappa shape index (κ3) is 6.50. The molecular formula is C51H30Br4O5. The van der Waals surface area contributed by atoms with Crippen LogP contribution in [0.4, 0.5) is 0 Å². The molecule has 9 heteroatoms. The minimum absolute atomic E-state index is 0.0103. The molecule has 4 heterocycles. The quantitative estimate of drug-likeness (QED) is 0.142. The molecule has 0 fully saturated rings. The van der Waals surface area contributed by atoms with Gasteiger partial charge in [-0.25, -0.2) is 0 Å². The van der Waals surface area contributed by atoms with Crippen molar-refractivity contribution in [2.45, 2.75) is 11.8 Å². The first-order chi connectivity index (χ1) is 29.3. The van der Waals surface area contributed by atoms with Gasteiger partial charge >= 0.3 is 0 Å². The zero-order valence-electron chi connectivity index (χ0n) is 31.4. The lowest BCUT2D eigenvalue weighted by Crippen LogP contribution is -2.37. The Bertz CT molecular complexity index is 2960. The van der Waals surface area contributed by atoms with Crippen LogP contribution < -0.4 is 19.6 Å². The van der Waals surface area contributed by atoms with E-state index in [0.29, 0.717) is 21.9 Å². The molecule has 60 heavy (non-hydrogen) atoms. The van der Waals surface area contributed by atoms with Gasteiger partial charge in [0.1, 0.15) is 34.5 Å². The highest BCUT2D eigenvalue weighted by Gasteiger charge is 2.51. The average Bonchev–Trinajstić information content (AvgIpc) is 3.27. The lowest BCUT2D eigenvalue weighted by Gasteiger charge is -2.45. The van der Waals surface area contributed by atoms with Gasteiger partial charge in [0.05, 0.1) is 34.1 Å². The topological polar surface area (TPSA) is 57.9 Å². The molecule has 0 radical (unpaired) electrons. The van der Waals surface area contributed by atoms with Crippen LogP contribution >= 0.6 is 63.7 Å². The Morgan fingerprint density at radius 2 is 0.767 bits per heavy atom. The molecule has 292 valence electrons. The molecule has 0 aliphatic carbocycles. The molecule has 12 rings (SSSR count). The molecule has 0 saturated carbocycles. The summed E-state index contributed by atoms with van der Waals surface area (Å²) in [6.45, 7) is 0. The Balaban J connectivity index is 0.000000118. The van der Waals surface area contributed by atoms with Crippen LogP contribution in [-0.4, -0.2) is 0 Å². The summed E-state index contributed by atoms with van der Waals surface area (Å²) in [6, 6.07) is 56.4. The number of hydrogen-bond acceptors (Lipinski definition) is 5. The van der Waals surface area contributed by atoms with E-state index in [1.54, 1.807) is 12.1 Å². The van der Waals surface area contributed by atoms with Crippen molar-refractivity contribution >= 4 is 85.7 Å². The third-order valence-electron chi connectivity index (χ3n) is 10.9. The Morgan fingerprint density at radius 1 is 0.383 bits per heavy atom. The molecule has 0 bridgehead atoms. The number of para-hydroxylation sites is 8. The van der Waals surface area contributed by atoms with E-state index in [2.05, 4.69) is 137 Å². The molecule has 3 aliphatic heterocycles. The summed E-state index contributed by atoms with van der Waals surface area (Å²) in [5.41, 5.74) is 7.57. The fourth-order valence-corrected chi connectivity index (χ4v) is 10.1. The summed E-state index contributed by atoms with van der Waals surface area (Å²) in [7, 11) is 0. The van der Waals surface area contributed by atoms with Gasteiger partial charge in [-0.3, -0.25) is 4.79 Å². The van der Waals surface area contributed by atoms with Crippen molar-refractivity contribution in [2.75, 3.05) is 0 Å². The summed E-state index contributed by atoms with van der Waals surface area (Å²) >= 11 is 14.2. The number of halogens is 4. The highest BCUT2D eigenvalue weighted by molar-refractivity contribution is 9.11. The van der Waals surface area contributed by atoms with Crippen LogP contribution in [0.2, 0.25) is 0 Å². The number of ether oxygens (including phenoxy) is 3. The molecule has 8 aromatic carbocycles.